The highest BCUT2D eigenvalue weighted by Gasteiger charge is 2.29. The molecule has 5 heterocycles. The summed E-state index contributed by atoms with van der Waals surface area (Å²) in [4.78, 5) is 17.8. The smallest absolute Gasteiger partial charge is 0.167 e. The van der Waals surface area contributed by atoms with Crippen LogP contribution in [0.4, 0.5) is 0 Å². The third kappa shape index (κ3) is 4.87. The molecule has 60 heavy (non-hydrogen) atoms. The maximum absolute atomic E-state index is 6.45. The van der Waals surface area contributed by atoms with Gasteiger partial charge in [0.1, 0.15) is 16.8 Å². The molecule has 12 aromatic rings. The molecule has 0 unspecified atom stereocenters. The molecular weight excluding hydrogens is 755 g/mol. The van der Waals surface area contributed by atoms with Gasteiger partial charge in [-0.25, -0.2) is 15.0 Å². The number of hydrogen-bond acceptors (Lipinski definition) is 5. The van der Waals surface area contributed by atoms with Crippen molar-refractivity contribution in [2.75, 3.05) is 0 Å². The highest BCUT2D eigenvalue weighted by Crippen LogP contribution is 2.51. The van der Waals surface area contributed by atoms with Gasteiger partial charge < -0.3 is 4.42 Å². The maximum Gasteiger partial charge on any atom is 0.167 e. The van der Waals surface area contributed by atoms with E-state index in [0.29, 0.717) is 17.5 Å². The number of aromatic nitrogens is 5. The number of para-hydroxylation sites is 5. The highest BCUT2D eigenvalue weighted by molar-refractivity contribution is 7.99. The molecule has 0 amide bonds. The second-order valence-electron chi connectivity index (χ2n) is 15.2. The molecule has 280 valence electrons. The number of nitrogens with zero attached hydrogens (tertiary/aromatic N) is 5. The van der Waals surface area contributed by atoms with Crippen LogP contribution in [-0.2, 0) is 0 Å². The second kappa shape index (κ2) is 12.9. The lowest BCUT2D eigenvalue weighted by molar-refractivity contribution is 0.669. The van der Waals surface area contributed by atoms with Gasteiger partial charge in [0, 0.05) is 53.5 Å². The van der Waals surface area contributed by atoms with E-state index in [0.717, 1.165) is 55.4 Å². The van der Waals surface area contributed by atoms with Gasteiger partial charge in [0.25, 0.3) is 0 Å². The molecule has 1 aliphatic heterocycles. The minimum atomic E-state index is 0.565. The third-order valence-electron chi connectivity index (χ3n) is 11.8. The Morgan fingerprint density at radius 2 is 1.03 bits per heavy atom. The summed E-state index contributed by atoms with van der Waals surface area (Å²) in [5, 5.41) is 5.82. The fraction of sp³-hybridized carbons (Fsp3) is 0. The van der Waals surface area contributed by atoms with Gasteiger partial charge in [-0.3, -0.25) is 9.13 Å². The van der Waals surface area contributed by atoms with Gasteiger partial charge >= 0.3 is 0 Å². The Labute approximate surface area is 348 Å². The largest absolute Gasteiger partial charge is 0.455 e. The van der Waals surface area contributed by atoms with Crippen molar-refractivity contribution in [3.05, 3.63) is 188 Å². The molecule has 0 bridgehead atoms. The van der Waals surface area contributed by atoms with Gasteiger partial charge in [-0.05, 0) is 59.7 Å². The Morgan fingerprint density at radius 1 is 0.417 bits per heavy atom. The lowest BCUT2D eigenvalue weighted by Gasteiger charge is -2.21. The van der Waals surface area contributed by atoms with Crippen LogP contribution in [0.3, 0.4) is 0 Å². The van der Waals surface area contributed by atoms with Crippen LogP contribution < -0.4 is 0 Å². The summed E-state index contributed by atoms with van der Waals surface area (Å²) in [6.45, 7) is 0. The molecule has 1 aliphatic rings. The fourth-order valence-electron chi connectivity index (χ4n) is 9.16. The zero-order valence-electron chi connectivity index (χ0n) is 32.0. The first kappa shape index (κ1) is 33.3. The van der Waals surface area contributed by atoms with Crippen LogP contribution in [0.2, 0.25) is 0 Å². The second-order valence-corrected chi connectivity index (χ2v) is 16.2. The molecule has 13 rings (SSSR count). The molecule has 7 heteroatoms. The first-order valence-electron chi connectivity index (χ1n) is 20.0. The molecular formula is C53H31N5OS. The quantitative estimate of drug-likeness (QED) is 0.174. The Hall–Kier alpha value is -7.74. The van der Waals surface area contributed by atoms with Crippen molar-refractivity contribution in [1.82, 2.24) is 24.1 Å². The molecule has 0 N–H and O–H groups in total. The van der Waals surface area contributed by atoms with Gasteiger partial charge in [-0.15, -0.1) is 0 Å². The Balaban J connectivity index is 1.02. The average Bonchev–Trinajstić information content (AvgIpc) is 3.98. The average molecular weight is 786 g/mol. The molecule has 0 saturated carbocycles. The molecule has 0 aliphatic carbocycles. The zero-order chi connectivity index (χ0) is 39.3. The van der Waals surface area contributed by atoms with E-state index >= 15 is 0 Å². The molecule has 8 aromatic carbocycles. The lowest BCUT2D eigenvalue weighted by Crippen LogP contribution is -2.05. The van der Waals surface area contributed by atoms with Gasteiger partial charge in [-0.1, -0.05) is 151 Å². The topological polar surface area (TPSA) is 61.7 Å². The SMILES string of the molecule is c1ccc(-c2nc(-c3ccc(-c4cccc5c4c4c6cccc7c6n(c4n5-c4ccccc4)-c4ccccc4S7)cc3)nc(-c3cccc4c3oc3ccccc34)n2)cc1. The van der Waals surface area contributed by atoms with Gasteiger partial charge in [0.05, 0.1) is 22.3 Å². The van der Waals surface area contributed by atoms with Gasteiger partial charge in [0.15, 0.2) is 17.5 Å². The van der Waals surface area contributed by atoms with Crippen molar-refractivity contribution in [3.63, 3.8) is 0 Å². The first-order chi connectivity index (χ1) is 29.8. The molecule has 0 radical (unpaired) electrons. The maximum atomic E-state index is 6.45. The summed E-state index contributed by atoms with van der Waals surface area (Å²) in [6.07, 6.45) is 0. The van der Waals surface area contributed by atoms with Crippen LogP contribution in [0.1, 0.15) is 0 Å². The first-order valence-corrected chi connectivity index (χ1v) is 20.8. The summed E-state index contributed by atoms with van der Waals surface area (Å²) in [6, 6.07) is 66.0. The van der Waals surface area contributed by atoms with E-state index in [1.54, 1.807) is 0 Å². The van der Waals surface area contributed by atoms with Crippen LogP contribution in [-0.4, -0.2) is 24.1 Å². The van der Waals surface area contributed by atoms with E-state index in [2.05, 4.69) is 137 Å². The van der Waals surface area contributed by atoms with Crippen LogP contribution in [0.15, 0.2) is 202 Å². The predicted octanol–water partition coefficient (Wildman–Crippen LogP) is 13.9. The van der Waals surface area contributed by atoms with Crippen LogP contribution in [0, 0.1) is 0 Å². The number of fused-ring (bicyclic) bond motifs is 10. The van der Waals surface area contributed by atoms with Gasteiger partial charge in [0.2, 0.25) is 0 Å². The molecule has 6 nitrogen and oxygen atoms in total. The van der Waals surface area contributed by atoms with E-state index in [9.17, 15) is 0 Å². The Bertz CT molecular complexity index is 3680. The van der Waals surface area contributed by atoms with E-state index in [-0.39, 0.29) is 0 Å². The highest BCUT2D eigenvalue weighted by atomic mass is 32.2. The number of benzene rings is 8. The summed E-state index contributed by atoms with van der Waals surface area (Å²) in [7, 11) is 0. The molecule has 0 spiro atoms. The van der Waals surface area contributed by atoms with Crippen molar-refractivity contribution >= 4 is 66.5 Å². The van der Waals surface area contributed by atoms with Crippen LogP contribution in [0.25, 0.3) is 111 Å². The molecule has 0 atom stereocenters. The van der Waals surface area contributed by atoms with E-state index < -0.39 is 0 Å². The minimum Gasteiger partial charge on any atom is -0.455 e. The van der Waals surface area contributed by atoms with Crippen LogP contribution in [0.5, 0.6) is 0 Å². The molecule has 0 saturated heterocycles. The summed E-state index contributed by atoms with van der Waals surface area (Å²) >= 11 is 1.85. The summed E-state index contributed by atoms with van der Waals surface area (Å²) < 4.78 is 11.4. The summed E-state index contributed by atoms with van der Waals surface area (Å²) in [5.74, 6) is 1.77. The number of furan rings is 1. The van der Waals surface area contributed by atoms with Crippen molar-refractivity contribution in [2.24, 2.45) is 0 Å². The monoisotopic (exact) mass is 785 g/mol. The van der Waals surface area contributed by atoms with Crippen molar-refractivity contribution in [2.45, 2.75) is 9.79 Å². The van der Waals surface area contributed by atoms with E-state index in [4.69, 9.17) is 19.4 Å². The zero-order valence-corrected chi connectivity index (χ0v) is 32.8. The minimum absolute atomic E-state index is 0.565. The lowest BCUT2D eigenvalue weighted by atomic mass is 9.98. The van der Waals surface area contributed by atoms with Crippen molar-refractivity contribution in [3.8, 4) is 56.7 Å². The predicted molar refractivity (Wildman–Crippen MR) is 244 cm³/mol. The van der Waals surface area contributed by atoms with Gasteiger partial charge in [-0.2, -0.15) is 0 Å². The molecule has 4 aromatic heterocycles. The van der Waals surface area contributed by atoms with E-state index in [1.807, 2.05) is 72.4 Å². The fourth-order valence-corrected chi connectivity index (χ4v) is 10.3. The Morgan fingerprint density at radius 3 is 1.88 bits per heavy atom. The summed E-state index contributed by atoms with van der Waals surface area (Å²) in [5.41, 5.74) is 12.4. The number of hydrogen-bond donors (Lipinski definition) is 0. The third-order valence-corrected chi connectivity index (χ3v) is 12.9. The van der Waals surface area contributed by atoms with E-state index in [1.165, 1.54) is 48.4 Å². The van der Waals surface area contributed by atoms with Crippen molar-refractivity contribution in [1.29, 1.82) is 0 Å². The molecule has 0 fully saturated rings. The standard InChI is InChI=1S/C53H31N5OS/c1-3-14-33(15-4-1)50-54-51(56-52(55-50)40-22-11-20-38-37-18-7-9-25-43(37)59-49(38)40)34-30-28-32(29-31-34)36-19-12-24-42-46(36)47-39-21-13-27-45-48(39)58(41-23-8-10-26-44(41)60-45)53(47)57(42)35-16-5-2-6-17-35/h1-31H. The normalized spacial score (nSPS) is 12.3. The Kier molecular flexibility index (Phi) is 7.14. The van der Waals surface area contributed by atoms with Crippen molar-refractivity contribution < 1.29 is 4.42 Å². The van der Waals surface area contributed by atoms with Crippen LogP contribution >= 0.6 is 11.8 Å². The number of rotatable bonds is 5.